The Morgan fingerprint density at radius 3 is 2.63 bits per heavy atom. The highest BCUT2D eigenvalue weighted by molar-refractivity contribution is 9.11. The maximum Gasteiger partial charge on any atom is 0.259 e. The van der Waals surface area contributed by atoms with Crippen molar-refractivity contribution in [1.29, 1.82) is 0 Å². The van der Waals surface area contributed by atoms with Crippen LogP contribution >= 0.6 is 31.9 Å². The van der Waals surface area contributed by atoms with E-state index in [1.165, 1.54) is 0 Å². The Balaban J connectivity index is 2.30. The number of rotatable bonds is 2. The summed E-state index contributed by atoms with van der Waals surface area (Å²) in [5.41, 5.74) is 0.398. The molecule has 0 spiro atoms. The molecular formula is C13H8Br2FNO2. The van der Waals surface area contributed by atoms with Crippen LogP contribution in [-0.4, -0.2) is 11.0 Å². The Morgan fingerprint density at radius 1 is 1.16 bits per heavy atom. The number of nitrogens with one attached hydrogen (secondary N) is 1. The minimum Gasteiger partial charge on any atom is -0.507 e. The standard InChI is InChI=1S/C13H8Br2FNO2/c14-7-1-3-10(15)11(5-7)17-13(19)9-6-8(16)2-4-12(9)18/h1-6,18H,(H,17,19). The highest BCUT2D eigenvalue weighted by Gasteiger charge is 2.13. The predicted octanol–water partition coefficient (Wildman–Crippen LogP) is 4.31. The van der Waals surface area contributed by atoms with Crippen LogP contribution in [0.4, 0.5) is 10.1 Å². The van der Waals surface area contributed by atoms with E-state index in [-0.39, 0.29) is 11.3 Å². The summed E-state index contributed by atoms with van der Waals surface area (Å²) in [5.74, 6) is -1.45. The summed E-state index contributed by atoms with van der Waals surface area (Å²) in [6, 6.07) is 8.46. The lowest BCUT2D eigenvalue weighted by molar-refractivity contribution is 0.102. The van der Waals surface area contributed by atoms with Gasteiger partial charge < -0.3 is 10.4 Å². The first kappa shape index (κ1) is 14.0. The van der Waals surface area contributed by atoms with E-state index in [1.54, 1.807) is 18.2 Å². The Labute approximate surface area is 125 Å². The highest BCUT2D eigenvalue weighted by Crippen LogP contribution is 2.27. The third kappa shape index (κ3) is 3.33. The van der Waals surface area contributed by atoms with Crippen molar-refractivity contribution in [3.8, 4) is 5.75 Å². The van der Waals surface area contributed by atoms with Gasteiger partial charge in [-0.1, -0.05) is 15.9 Å². The van der Waals surface area contributed by atoms with Gasteiger partial charge in [0.1, 0.15) is 11.6 Å². The lowest BCUT2D eigenvalue weighted by Gasteiger charge is -2.09. The molecule has 2 aromatic carbocycles. The second-order valence-electron chi connectivity index (χ2n) is 3.74. The third-order valence-corrected chi connectivity index (χ3v) is 3.56. The number of aromatic hydroxyl groups is 1. The molecule has 2 N–H and O–H groups in total. The number of phenols is 1. The molecule has 0 unspecified atom stereocenters. The van der Waals surface area contributed by atoms with E-state index in [2.05, 4.69) is 37.2 Å². The van der Waals surface area contributed by atoms with Gasteiger partial charge in [-0.15, -0.1) is 0 Å². The third-order valence-electron chi connectivity index (χ3n) is 2.38. The number of benzene rings is 2. The smallest absolute Gasteiger partial charge is 0.259 e. The summed E-state index contributed by atoms with van der Waals surface area (Å²) < 4.78 is 14.5. The van der Waals surface area contributed by atoms with Gasteiger partial charge in [-0.3, -0.25) is 4.79 Å². The lowest BCUT2D eigenvalue weighted by atomic mass is 10.1. The van der Waals surface area contributed by atoms with Crippen molar-refractivity contribution in [2.75, 3.05) is 5.32 Å². The van der Waals surface area contributed by atoms with Crippen LogP contribution in [0.15, 0.2) is 45.3 Å². The monoisotopic (exact) mass is 387 g/mol. The summed E-state index contributed by atoms with van der Waals surface area (Å²) in [6.45, 7) is 0. The zero-order valence-corrected chi connectivity index (χ0v) is 12.6. The summed E-state index contributed by atoms with van der Waals surface area (Å²) in [4.78, 5) is 12.0. The maximum atomic E-state index is 13.1. The Kier molecular flexibility index (Phi) is 4.21. The molecule has 0 aliphatic heterocycles. The summed E-state index contributed by atoms with van der Waals surface area (Å²) in [6.07, 6.45) is 0. The molecule has 0 aromatic heterocycles. The first-order valence-corrected chi connectivity index (χ1v) is 6.81. The lowest BCUT2D eigenvalue weighted by Crippen LogP contribution is -2.12. The molecule has 2 rings (SSSR count). The highest BCUT2D eigenvalue weighted by atomic mass is 79.9. The summed E-state index contributed by atoms with van der Waals surface area (Å²) in [7, 11) is 0. The molecule has 0 saturated heterocycles. The van der Waals surface area contributed by atoms with Crippen LogP contribution in [0.2, 0.25) is 0 Å². The van der Waals surface area contributed by atoms with Gasteiger partial charge in [0.2, 0.25) is 0 Å². The Morgan fingerprint density at radius 2 is 1.89 bits per heavy atom. The zero-order chi connectivity index (χ0) is 14.0. The van der Waals surface area contributed by atoms with Crippen LogP contribution in [0.5, 0.6) is 5.75 Å². The first-order chi connectivity index (χ1) is 8.97. The molecule has 6 heteroatoms. The van der Waals surface area contributed by atoms with Crippen LogP contribution in [0.25, 0.3) is 0 Å². The Bertz CT molecular complexity index is 647. The number of amides is 1. The van der Waals surface area contributed by atoms with E-state index in [0.717, 1.165) is 22.7 Å². The van der Waals surface area contributed by atoms with Gasteiger partial charge in [-0.05, 0) is 52.3 Å². The molecule has 98 valence electrons. The molecule has 3 nitrogen and oxygen atoms in total. The van der Waals surface area contributed by atoms with E-state index < -0.39 is 11.7 Å². The number of hydrogen-bond donors (Lipinski definition) is 2. The van der Waals surface area contributed by atoms with E-state index in [9.17, 15) is 14.3 Å². The molecule has 0 fully saturated rings. The van der Waals surface area contributed by atoms with Gasteiger partial charge in [0.15, 0.2) is 0 Å². The van der Waals surface area contributed by atoms with Gasteiger partial charge in [-0.2, -0.15) is 0 Å². The van der Waals surface area contributed by atoms with E-state index in [4.69, 9.17) is 0 Å². The molecule has 0 aliphatic rings. The number of anilines is 1. The van der Waals surface area contributed by atoms with Crippen molar-refractivity contribution in [1.82, 2.24) is 0 Å². The molecule has 0 saturated carbocycles. The van der Waals surface area contributed by atoms with Crippen molar-refractivity contribution < 1.29 is 14.3 Å². The van der Waals surface area contributed by atoms with Gasteiger partial charge >= 0.3 is 0 Å². The van der Waals surface area contributed by atoms with Crippen LogP contribution in [0.3, 0.4) is 0 Å². The molecule has 2 aromatic rings. The molecule has 0 atom stereocenters. The second-order valence-corrected chi connectivity index (χ2v) is 5.51. The van der Waals surface area contributed by atoms with E-state index >= 15 is 0 Å². The van der Waals surface area contributed by atoms with E-state index in [1.807, 2.05) is 0 Å². The fourth-order valence-corrected chi connectivity index (χ4v) is 2.18. The Hall–Kier alpha value is -1.40. The maximum absolute atomic E-state index is 13.1. The average molecular weight is 389 g/mol. The van der Waals surface area contributed by atoms with Crippen molar-refractivity contribution >= 4 is 43.5 Å². The number of carbonyl (C=O) groups excluding carboxylic acids is 1. The van der Waals surface area contributed by atoms with Gasteiger partial charge in [0, 0.05) is 8.95 Å². The molecular weight excluding hydrogens is 381 g/mol. The van der Waals surface area contributed by atoms with Crippen LogP contribution < -0.4 is 5.32 Å². The van der Waals surface area contributed by atoms with E-state index in [0.29, 0.717) is 10.2 Å². The van der Waals surface area contributed by atoms with Crippen molar-refractivity contribution in [3.63, 3.8) is 0 Å². The molecule has 0 aliphatic carbocycles. The van der Waals surface area contributed by atoms with Gasteiger partial charge in [-0.25, -0.2) is 4.39 Å². The average Bonchev–Trinajstić information content (AvgIpc) is 2.36. The normalized spacial score (nSPS) is 10.3. The number of phenolic OH excluding ortho intramolecular Hbond substituents is 1. The predicted molar refractivity (Wildman–Crippen MR) is 77.9 cm³/mol. The summed E-state index contributed by atoms with van der Waals surface area (Å²) in [5, 5.41) is 12.2. The van der Waals surface area contributed by atoms with Crippen LogP contribution in [-0.2, 0) is 0 Å². The first-order valence-electron chi connectivity index (χ1n) is 5.22. The molecule has 0 bridgehead atoms. The number of hydrogen-bond acceptors (Lipinski definition) is 2. The quantitative estimate of drug-likeness (QED) is 0.805. The molecule has 1 amide bonds. The fourth-order valence-electron chi connectivity index (χ4n) is 1.47. The van der Waals surface area contributed by atoms with Crippen molar-refractivity contribution in [3.05, 3.63) is 56.7 Å². The van der Waals surface area contributed by atoms with Crippen LogP contribution in [0, 0.1) is 5.82 Å². The molecule has 19 heavy (non-hydrogen) atoms. The largest absolute Gasteiger partial charge is 0.507 e. The van der Waals surface area contributed by atoms with Crippen molar-refractivity contribution in [2.45, 2.75) is 0 Å². The van der Waals surface area contributed by atoms with Gasteiger partial charge in [0.05, 0.1) is 11.3 Å². The number of halogens is 3. The molecule has 0 radical (unpaired) electrons. The van der Waals surface area contributed by atoms with Crippen LogP contribution in [0.1, 0.15) is 10.4 Å². The SMILES string of the molecule is O=C(Nc1cc(Br)ccc1Br)c1cc(F)ccc1O. The topological polar surface area (TPSA) is 49.3 Å². The minimum absolute atomic E-state index is 0.119. The van der Waals surface area contributed by atoms with Crippen molar-refractivity contribution in [2.24, 2.45) is 0 Å². The zero-order valence-electron chi connectivity index (χ0n) is 9.45. The van der Waals surface area contributed by atoms with Gasteiger partial charge in [0.25, 0.3) is 5.91 Å². The second kappa shape index (κ2) is 5.71. The summed E-state index contributed by atoms with van der Waals surface area (Å²) >= 11 is 6.58. The molecule has 0 heterocycles. The number of carbonyl (C=O) groups is 1. The minimum atomic E-state index is -0.587. The fraction of sp³-hybridized carbons (Fsp3) is 0.